The molecule has 0 rings (SSSR count). The zero-order chi connectivity index (χ0) is 14.5. The van der Waals surface area contributed by atoms with Gasteiger partial charge in [-0.1, -0.05) is 13.8 Å². The number of carboxylic acids is 1. The van der Waals surface area contributed by atoms with Crippen molar-refractivity contribution < 1.29 is 19.8 Å². The Labute approximate surface area is 108 Å². The van der Waals surface area contributed by atoms with E-state index < -0.39 is 17.5 Å². The molecule has 0 fully saturated rings. The third-order valence-corrected chi connectivity index (χ3v) is 2.57. The highest BCUT2D eigenvalue weighted by atomic mass is 16.4. The van der Waals surface area contributed by atoms with E-state index in [4.69, 9.17) is 5.11 Å². The fourth-order valence-corrected chi connectivity index (χ4v) is 1.59. The molecule has 18 heavy (non-hydrogen) atoms. The van der Waals surface area contributed by atoms with Crippen LogP contribution in [-0.4, -0.2) is 52.9 Å². The maximum atomic E-state index is 11.7. The highest BCUT2D eigenvalue weighted by Gasteiger charge is 2.24. The summed E-state index contributed by atoms with van der Waals surface area (Å²) in [6.07, 6.45) is 0. The van der Waals surface area contributed by atoms with Crippen LogP contribution in [0.4, 0.5) is 4.79 Å². The lowest BCUT2D eigenvalue weighted by atomic mass is 9.96. The SMILES string of the molecule is CC(C)C(CNC(=O)N(C)CC(C)(C)O)C(=O)O. The molecule has 0 aromatic heterocycles. The highest BCUT2D eigenvalue weighted by molar-refractivity contribution is 5.76. The maximum Gasteiger partial charge on any atom is 0.317 e. The lowest BCUT2D eigenvalue weighted by Gasteiger charge is -2.26. The largest absolute Gasteiger partial charge is 0.481 e. The third kappa shape index (κ3) is 6.44. The van der Waals surface area contributed by atoms with Crippen molar-refractivity contribution in [1.82, 2.24) is 10.2 Å². The molecule has 0 aliphatic rings. The first-order valence-electron chi connectivity index (χ1n) is 5.98. The average molecular weight is 260 g/mol. The molecule has 0 bridgehead atoms. The van der Waals surface area contributed by atoms with Crippen LogP contribution >= 0.6 is 0 Å². The van der Waals surface area contributed by atoms with Crippen molar-refractivity contribution in [2.75, 3.05) is 20.1 Å². The molecule has 0 aliphatic carbocycles. The van der Waals surface area contributed by atoms with Crippen molar-refractivity contribution in [3.63, 3.8) is 0 Å². The number of aliphatic hydroxyl groups is 1. The average Bonchev–Trinajstić information content (AvgIpc) is 2.13. The van der Waals surface area contributed by atoms with Gasteiger partial charge < -0.3 is 20.4 Å². The number of likely N-dealkylation sites (N-methyl/N-ethyl adjacent to an activating group) is 1. The van der Waals surface area contributed by atoms with Crippen molar-refractivity contribution in [3.8, 4) is 0 Å². The number of hydrogen-bond donors (Lipinski definition) is 3. The van der Waals surface area contributed by atoms with Crippen LogP contribution in [0.2, 0.25) is 0 Å². The molecule has 6 nitrogen and oxygen atoms in total. The van der Waals surface area contributed by atoms with Crippen molar-refractivity contribution in [2.45, 2.75) is 33.3 Å². The van der Waals surface area contributed by atoms with Crippen LogP contribution < -0.4 is 5.32 Å². The smallest absolute Gasteiger partial charge is 0.317 e. The Kier molecular flexibility index (Phi) is 6.11. The van der Waals surface area contributed by atoms with Gasteiger partial charge in [0.1, 0.15) is 0 Å². The number of hydrogen-bond acceptors (Lipinski definition) is 3. The predicted molar refractivity (Wildman–Crippen MR) is 68.3 cm³/mol. The minimum absolute atomic E-state index is 0.0533. The molecule has 1 atom stereocenters. The van der Waals surface area contributed by atoms with Gasteiger partial charge in [0.2, 0.25) is 0 Å². The zero-order valence-corrected chi connectivity index (χ0v) is 11.7. The number of amides is 2. The van der Waals surface area contributed by atoms with E-state index in [0.29, 0.717) is 0 Å². The van der Waals surface area contributed by atoms with Gasteiger partial charge in [0.15, 0.2) is 0 Å². The maximum absolute atomic E-state index is 11.7. The molecule has 106 valence electrons. The minimum Gasteiger partial charge on any atom is -0.481 e. The Bertz CT molecular complexity index is 297. The molecule has 1 unspecified atom stereocenters. The Morgan fingerprint density at radius 1 is 1.33 bits per heavy atom. The highest BCUT2D eigenvalue weighted by Crippen LogP contribution is 2.10. The van der Waals surface area contributed by atoms with Gasteiger partial charge in [-0.25, -0.2) is 4.79 Å². The minimum atomic E-state index is -0.976. The molecule has 2 amide bonds. The predicted octanol–water partition coefficient (Wildman–Crippen LogP) is 0.755. The van der Waals surface area contributed by atoms with E-state index in [9.17, 15) is 14.7 Å². The van der Waals surface area contributed by atoms with E-state index in [1.54, 1.807) is 34.7 Å². The normalized spacial score (nSPS) is 13.3. The summed E-state index contributed by atoms with van der Waals surface area (Å²) in [6, 6.07) is -0.385. The standard InChI is InChI=1S/C12H24N2O4/c1-8(2)9(10(15)16)6-13-11(17)14(5)7-12(3,4)18/h8-9,18H,6-7H2,1-5H3,(H,13,17)(H,15,16). The first-order valence-corrected chi connectivity index (χ1v) is 5.98. The number of rotatable bonds is 6. The van der Waals surface area contributed by atoms with E-state index in [2.05, 4.69) is 5.32 Å². The number of carbonyl (C=O) groups is 2. The van der Waals surface area contributed by atoms with Crippen LogP contribution in [0.25, 0.3) is 0 Å². The van der Waals surface area contributed by atoms with E-state index in [0.717, 1.165) is 0 Å². The van der Waals surface area contributed by atoms with E-state index >= 15 is 0 Å². The zero-order valence-electron chi connectivity index (χ0n) is 11.7. The number of nitrogens with one attached hydrogen (secondary N) is 1. The second-order valence-electron chi connectivity index (χ2n) is 5.54. The van der Waals surface area contributed by atoms with Crippen molar-refractivity contribution >= 4 is 12.0 Å². The fourth-order valence-electron chi connectivity index (χ4n) is 1.59. The molecule has 0 radical (unpaired) electrons. The van der Waals surface area contributed by atoms with Gasteiger partial charge in [0.05, 0.1) is 18.1 Å². The lowest BCUT2D eigenvalue weighted by molar-refractivity contribution is -0.142. The van der Waals surface area contributed by atoms with Crippen LogP contribution in [0.1, 0.15) is 27.7 Å². The lowest BCUT2D eigenvalue weighted by Crippen LogP contribution is -2.46. The molecular formula is C12H24N2O4. The van der Waals surface area contributed by atoms with Gasteiger partial charge in [-0.3, -0.25) is 4.79 Å². The Balaban J connectivity index is 4.28. The van der Waals surface area contributed by atoms with Gasteiger partial charge in [-0.2, -0.15) is 0 Å². The van der Waals surface area contributed by atoms with Gasteiger partial charge >= 0.3 is 12.0 Å². The number of carbonyl (C=O) groups excluding carboxylic acids is 1. The summed E-state index contributed by atoms with van der Waals surface area (Å²) >= 11 is 0. The molecule has 3 N–H and O–H groups in total. The topological polar surface area (TPSA) is 89.9 Å². The van der Waals surface area contributed by atoms with E-state index in [1.807, 2.05) is 0 Å². The summed E-state index contributed by atoms with van der Waals surface area (Å²) in [5.41, 5.74) is -0.976. The third-order valence-electron chi connectivity index (χ3n) is 2.57. The summed E-state index contributed by atoms with van der Waals surface area (Å²) in [4.78, 5) is 24.0. The molecule has 0 aromatic rings. The van der Waals surface area contributed by atoms with Crippen LogP contribution in [0.3, 0.4) is 0 Å². The van der Waals surface area contributed by atoms with Crippen LogP contribution in [0, 0.1) is 11.8 Å². The molecule has 0 heterocycles. The molecule has 0 spiro atoms. The molecule has 0 saturated heterocycles. The van der Waals surface area contributed by atoms with Gasteiger partial charge in [-0.05, 0) is 19.8 Å². The summed E-state index contributed by atoms with van der Waals surface area (Å²) in [6.45, 7) is 7.06. The van der Waals surface area contributed by atoms with E-state index in [1.165, 1.54) is 4.90 Å². The summed E-state index contributed by atoms with van der Waals surface area (Å²) in [7, 11) is 1.55. The van der Waals surface area contributed by atoms with Crippen LogP contribution in [0.15, 0.2) is 0 Å². The molecular weight excluding hydrogens is 236 g/mol. The molecule has 6 heteroatoms. The first-order chi connectivity index (χ1) is 8.04. The van der Waals surface area contributed by atoms with E-state index in [-0.39, 0.29) is 25.0 Å². The first kappa shape index (κ1) is 16.7. The van der Waals surface area contributed by atoms with Crippen LogP contribution in [-0.2, 0) is 4.79 Å². The summed E-state index contributed by atoms with van der Waals surface area (Å²) < 4.78 is 0. The molecule has 0 aliphatic heterocycles. The Hall–Kier alpha value is -1.30. The van der Waals surface area contributed by atoms with Gasteiger partial charge in [0, 0.05) is 13.6 Å². The van der Waals surface area contributed by atoms with Crippen molar-refractivity contribution in [3.05, 3.63) is 0 Å². The Morgan fingerprint density at radius 2 is 1.83 bits per heavy atom. The summed E-state index contributed by atoms with van der Waals surface area (Å²) in [5.74, 6) is -1.58. The van der Waals surface area contributed by atoms with Gasteiger partial charge in [-0.15, -0.1) is 0 Å². The summed E-state index contributed by atoms with van der Waals surface area (Å²) in [5, 5.41) is 21.1. The number of urea groups is 1. The van der Waals surface area contributed by atoms with Crippen molar-refractivity contribution in [1.29, 1.82) is 0 Å². The molecule has 0 saturated carbocycles. The number of carboxylic acid groups (broad SMARTS) is 1. The van der Waals surface area contributed by atoms with Gasteiger partial charge in [0.25, 0.3) is 0 Å². The Morgan fingerprint density at radius 3 is 2.17 bits per heavy atom. The number of aliphatic carboxylic acids is 1. The second kappa shape index (κ2) is 6.58. The van der Waals surface area contributed by atoms with Crippen molar-refractivity contribution in [2.24, 2.45) is 11.8 Å². The fraction of sp³-hybridized carbons (Fsp3) is 0.833. The molecule has 0 aromatic carbocycles. The monoisotopic (exact) mass is 260 g/mol. The number of nitrogens with zero attached hydrogens (tertiary/aromatic N) is 1. The quantitative estimate of drug-likeness (QED) is 0.657. The second-order valence-corrected chi connectivity index (χ2v) is 5.54. The van der Waals surface area contributed by atoms with Crippen LogP contribution in [0.5, 0.6) is 0 Å².